The van der Waals surface area contributed by atoms with E-state index in [9.17, 15) is 5.11 Å². The highest BCUT2D eigenvalue weighted by molar-refractivity contribution is 9.09. The average molecular weight is 376 g/mol. The van der Waals surface area contributed by atoms with Gasteiger partial charge in [-0.25, -0.2) is 0 Å². The van der Waals surface area contributed by atoms with Gasteiger partial charge in [0.2, 0.25) is 0 Å². The predicted octanol–water partition coefficient (Wildman–Crippen LogP) is 4.19. The second-order valence-electron chi connectivity index (χ2n) is 6.34. The molecule has 122 valence electrons. The highest BCUT2D eigenvalue weighted by atomic mass is 79.9. The first-order valence-electron chi connectivity index (χ1n) is 7.89. The Morgan fingerprint density at radius 3 is 2.96 bits per heavy atom. The number of hydrogen-bond donors (Lipinski definition) is 1. The van der Waals surface area contributed by atoms with Crippen LogP contribution < -0.4 is 4.74 Å². The number of hydrogen-bond acceptors (Lipinski definition) is 3. The molecule has 3 rings (SSSR count). The Balaban J connectivity index is 2.15. The minimum Gasteiger partial charge on any atom is -0.472 e. The summed E-state index contributed by atoms with van der Waals surface area (Å²) in [6, 6.07) is 5.97. The van der Waals surface area contributed by atoms with Crippen molar-refractivity contribution in [3.05, 3.63) is 59.3 Å². The molecule has 23 heavy (non-hydrogen) atoms. The molecular formula is C19H22BrNO2. The first-order valence-corrected chi connectivity index (χ1v) is 9.01. The molecule has 1 aromatic carbocycles. The lowest BCUT2D eigenvalue weighted by Crippen LogP contribution is -2.27. The lowest BCUT2D eigenvalue weighted by Gasteiger charge is -2.26. The van der Waals surface area contributed by atoms with E-state index in [0.29, 0.717) is 6.73 Å². The Labute approximate surface area is 146 Å². The smallest absolute Gasteiger partial charge is 0.161 e. The first kappa shape index (κ1) is 16.3. The molecule has 1 aromatic rings. The van der Waals surface area contributed by atoms with E-state index in [1.54, 1.807) is 0 Å². The number of aliphatic hydroxyl groups is 1. The molecule has 3 nitrogen and oxygen atoms in total. The highest BCUT2D eigenvalue weighted by Crippen LogP contribution is 2.39. The topological polar surface area (TPSA) is 32.7 Å². The van der Waals surface area contributed by atoms with Gasteiger partial charge in [0.05, 0.1) is 5.60 Å². The zero-order chi connectivity index (χ0) is 16.4. The monoisotopic (exact) mass is 375 g/mol. The van der Waals surface area contributed by atoms with Crippen molar-refractivity contribution in [3.8, 4) is 5.75 Å². The van der Waals surface area contributed by atoms with Gasteiger partial charge in [-0.15, -0.1) is 0 Å². The molecule has 0 radical (unpaired) electrons. The average Bonchev–Trinajstić information content (AvgIpc) is 2.68. The maximum Gasteiger partial charge on any atom is 0.161 e. The van der Waals surface area contributed by atoms with E-state index in [0.717, 1.165) is 35.2 Å². The number of allylic oxidation sites excluding steroid dienone is 4. The number of halogens is 1. The summed E-state index contributed by atoms with van der Waals surface area (Å²) < 4.78 is 6.01. The van der Waals surface area contributed by atoms with Crippen LogP contribution in [0.3, 0.4) is 0 Å². The van der Waals surface area contributed by atoms with Crippen LogP contribution in [0.2, 0.25) is 0 Å². The van der Waals surface area contributed by atoms with Crippen LogP contribution in [-0.4, -0.2) is 28.6 Å². The Hall–Kier alpha value is -1.52. The van der Waals surface area contributed by atoms with Gasteiger partial charge in [-0.3, -0.25) is 0 Å². The van der Waals surface area contributed by atoms with E-state index < -0.39 is 5.60 Å². The summed E-state index contributed by atoms with van der Waals surface area (Å²) in [5.74, 6) is 0.870. The van der Waals surface area contributed by atoms with Crippen molar-refractivity contribution in [1.82, 2.24) is 4.90 Å². The Bertz CT molecular complexity index is 683. The van der Waals surface area contributed by atoms with Crippen molar-refractivity contribution in [2.75, 3.05) is 18.6 Å². The van der Waals surface area contributed by atoms with Crippen molar-refractivity contribution in [3.63, 3.8) is 0 Å². The molecule has 0 saturated carbocycles. The number of ether oxygens (including phenoxy) is 1. The summed E-state index contributed by atoms with van der Waals surface area (Å²) in [6.07, 6.45) is 9.55. The van der Waals surface area contributed by atoms with Crippen molar-refractivity contribution in [2.45, 2.75) is 25.9 Å². The molecule has 0 aliphatic carbocycles. The molecule has 2 heterocycles. The normalized spacial score (nSPS) is 18.9. The molecule has 2 aliphatic rings. The highest BCUT2D eigenvalue weighted by Gasteiger charge is 2.26. The number of nitrogens with zero attached hydrogens (tertiary/aromatic N) is 1. The van der Waals surface area contributed by atoms with E-state index in [1.165, 1.54) is 11.3 Å². The third kappa shape index (κ3) is 3.38. The second-order valence-corrected chi connectivity index (χ2v) is 7.13. The lowest BCUT2D eigenvalue weighted by molar-refractivity contribution is 0.0785. The number of alkyl halides is 1. The van der Waals surface area contributed by atoms with Crippen LogP contribution >= 0.6 is 15.9 Å². The van der Waals surface area contributed by atoms with Crippen LogP contribution in [0.4, 0.5) is 0 Å². The molecule has 1 N–H and O–H groups in total. The molecule has 0 aromatic heterocycles. The molecule has 0 amide bonds. The van der Waals surface area contributed by atoms with Crippen molar-refractivity contribution in [1.29, 1.82) is 0 Å². The van der Waals surface area contributed by atoms with Gasteiger partial charge in [0.1, 0.15) is 5.75 Å². The molecular weight excluding hydrogens is 354 g/mol. The molecule has 0 atom stereocenters. The summed E-state index contributed by atoms with van der Waals surface area (Å²) in [5, 5.41) is 11.3. The molecule has 0 bridgehead atoms. The fourth-order valence-corrected chi connectivity index (χ4v) is 3.11. The van der Waals surface area contributed by atoms with Crippen LogP contribution in [0, 0.1) is 0 Å². The molecule has 0 saturated heterocycles. The molecule has 0 unspecified atom stereocenters. The lowest BCUT2D eigenvalue weighted by atomic mass is 9.91. The van der Waals surface area contributed by atoms with Crippen LogP contribution in [0.25, 0.3) is 5.57 Å². The standard InChI is InChI=1S/C19H22BrNO2/c1-19(2,22)14-8-9-18-16(12-14)15(6-5-10-20)17-7-3-4-11-21(17)13-23-18/h3-4,6-9,12,22H,5,10-11,13H2,1-2H3. The fourth-order valence-electron chi connectivity index (χ4n) is 2.88. The van der Waals surface area contributed by atoms with E-state index in [4.69, 9.17) is 4.74 Å². The molecule has 2 aliphatic heterocycles. The van der Waals surface area contributed by atoms with Gasteiger partial charge in [0.15, 0.2) is 6.73 Å². The van der Waals surface area contributed by atoms with Crippen LogP contribution in [-0.2, 0) is 5.60 Å². The third-order valence-electron chi connectivity index (χ3n) is 4.14. The van der Waals surface area contributed by atoms with E-state index in [-0.39, 0.29) is 0 Å². The van der Waals surface area contributed by atoms with Gasteiger partial charge >= 0.3 is 0 Å². The molecule has 0 fully saturated rings. The molecule has 4 heteroatoms. The summed E-state index contributed by atoms with van der Waals surface area (Å²) >= 11 is 3.51. The zero-order valence-corrected chi connectivity index (χ0v) is 15.1. The largest absolute Gasteiger partial charge is 0.472 e. The minimum absolute atomic E-state index is 0.538. The van der Waals surface area contributed by atoms with Crippen molar-refractivity contribution >= 4 is 21.5 Å². The van der Waals surface area contributed by atoms with Gasteiger partial charge < -0.3 is 14.7 Å². The maximum absolute atomic E-state index is 10.4. The minimum atomic E-state index is -0.873. The Morgan fingerprint density at radius 1 is 1.39 bits per heavy atom. The van der Waals surface area contributed by atoms with Gasteiger partial charge in [0, 0.05) is 28.7 Å². The third-order valence-corrected chi connectivity index (χ3v) is 4.60. The van der Waals surface area contributed by atoms with Gasteiger partial charge in [0.25, 0.3) is 0 Å². The SMILES string of the molecule is CC(C)(O)c1ccc2c(c1)C(=CCCBr)C1=CC=CCN1CO2. The van der Waals surface area contributed by atoms with Gasteiger partial charge in [-0.2, -0.15) is 0 Å². The van der Waals surface area contributed by atoms with Crippen molar-refractivity contribution in [2.24, 2.45) is 0 Å². The number of benzene rings is 1. The maximum atomic E-state index is 10.4. The van der Waals surface area contributed by atoms with E-state index >= 15 is 0 Å². The second kappa shape index (κ2) is 6.54. The van der Waals surface area contributed by atoms with Gasteiger partial charge in [-0.1, -0.05) is 40.2 Å². The van der Waals surface area contributed by atoms with E-state index in [2.05, 4.69) is 51.2 Å². The van der Waals surface area contributed by atoms with Crippen LogP contribution in [0.5, 0.6) is 5.75 Å². The van der Waals surface area contributed by atoms with Gasteiger partial charge in [-0.05, 0) is 44.0 Å². The molecule has 0 spiro atoms. The summed E-state index contributed by atoms with van der Waals surface area (Å²) in [6.45, 7) is 5.01. The van der Waals surface area contributed by atoms with Crippen LogP contribution in [0.15, 0.2) is 48.2 Å². The quantitative estimate of drug-likeness (QED) is 0.804. The Morgan fingerprint density at radius 2 is 2.22 bits per heavy atom. The number of fused-ring (bicyclic) bond motifs is 2. The summed E-state index contributed by atoms with van der Waals surface area (Å²) in [4.78, 5) is 2.23. The Kier molecular flexibility index (Phi) is 4.64. The predicted molar refractivity (Wildman–Crippen MR) is 97.5 cm³/mol. The summed E-state index contributed by atoms with van der Waals surface area (Å²) in [5.41, 5.74) is 3.43. The summed E-state index contributed by atoms with van der Waals surface area (Å²) in [7, 11) is 0. The fraction of sp³-hybridized carbons (Fsp3) is 0.368. The first-order chi connectivity index (χ1) is 11.0. The van der Waals surface area contributed by atoms with Crippen molar-refractivity contribution < 1.29 is 9.84 Å². The van der Waals surface area contributed by atoms with E-state index in [1.807, 2.05) is 26.0 Å². The number of rotatable bonds is 3. The van der Waals surface area contributed by atoms with Crippen LogP contribution in [0.1, 0.15) is 31.4 Å². The zero-order valence-electron chi connectivity index (χ0n) is 13.6.